The summed E-state index contributed by atoms with van der Waals surface area (Å²) in [6, 6.07) is 11.4. The molecule has 5 nitrogen and oxygen atoms in total. The van der Waals surface area contributed by atoms with Crippen LogP contribution in [0.4, 0.5) is 0 Å². The van der Waals surface area contributed by atoms with Gasteiger partial charge in [-0.2, -0.15) is 0 Å². The third kappa shape index (κ3) is 3.57. The number of amides is 1. The summed E-state index contributed by atoms with van der Waals surface area (Å²) in [5, 5.41) is 2.80. The molecule has 0 bridgehead atoms. The van der Waals surface area contributed by atoms with Crippen LogP contribution in [0.5, 0.6) is 0 Å². The molecule has 0 spiro atoms. The van der Waals surface area contributed by atoms with Gasteiger partial charge in [-0.05, 0) is 36.2 Å². The Hall–Kier alpha value is -2.08. The van der Waals surface area contributed by atoms with E-state index in [1.165, 1.54) is 0 Å². The summed E-state index contributed by atoms with van der Waals surface area (Å²) < 4.78 is 24.7. The molecule has 1 aliphatic heterocycles. The van der Waals surface area contributed by atoms with E-state index in [4.69, 9.17) is 0 Å². The van der Waals surface area contributed by atoms with Crippen molar-refractivity contribution in [1.82, 2.24) is 9.88 Å². The van der Waals surface area contributed by atoms with Gasteiger partial charge in [0.1, 0.15) is 0 Å². The second-order valence-corrected chi connectivity index (χ2v) is 7.83. The van der Waals surface area contributed by atoms with Gasteiger partial charge in [0.15, 0.2) is 9.84 Å². The maximum Gasteiger partial charge on any atom is 0.224 e. The number of carbonyl (C=O) groups is 1. The largest absolute Gasteiger partial charge is 0.352 e. The molecule has 116 valence electrons. The number of hydrogen-bond acceptors (Lipinski definition) is 3. The molecule has 1 aromatic carbocycles. The third-order valence-electron chi connectivity index (χ3n) is 3.80. The maximum atomic E-state index is 12.0. The normalized spacial score (nSPS) is 19.9. The number of nitrogens with one attached hydrogen (secondary N) is 1. The Balaban J connectivity index is 1.58. The van der Waals surface area contributed by atoms with Crippen molar-refractivity contribution in [2.24, 2.45) is 0 Å². The first-order valence-corrected chi connectivity index (χ1v) is 9.06. The first-order valence-electron chi connectivity index (χ1n) is 7.24. The molecule has 1 saturated heterocycles. The number of carbonyl (C=O) groups excluding carboxylic acids is 1. The van der Waals surface area contributed by atoms with Crippen LogP contribution in [-0.4, -0.2) is 36.4 Å². The van der Waals surface area contributed by atoms with Crippen LogP contribution in [0.25, 0.3) is 5.69 Å². The lowest BCUT2D eigenvalue weighted by Crippen LogP contribution is -2.36. The number of aromatic nitrogens is 1. The fraction of sp³-hybridized carbons (Fsp3) is 0.312. The monoisotopic (exact) mass is 318 g/mol. The molecule has 6 heteroatoms. The van der Waals surface area contributed by atoms with Crippen LogP contribution < -0.4 is 5.32 Å². The fourth-order valence-electron chi connectivity index (χ4n) is 2.67. The number of sulfone groups is 1. The molecule has 2 aromatic rings. The summed E-state index contributed by atoms with van der Waals surface area (Å²) in [6.45, 7) is 0. The second-order valence-electron chi connectivity index (χ2n) is 5.60. The Morgan fingerprint density at radius 2 is 1.86 bits per heavy atom. The minimum absolute atomic E-state index is 0.0608. The van der Waals surface area contributed by atoms with Gasteiger partial charge in [-0.1, -0.05) is 12.1 Å². The summed E-state index contributed by atoms with van der Waals surface area (Å²) in [7, 11) is -2.96. The lowest BCUT2D eigenvalue weighted by molar-refractivity contribution is -0.120. The molecule has 1 aliphatic rings. The molecule has 22 heavy (non-hydrogen) atoms. The molecule has 2 heterocycles. The summed E-state index contributed by atoms with van der Waals surface area (Å²) in [5.74, 6) is 0.102. The maximum absolute atomic E-state index is 12.0. The van der Waals surface area contributed by atoms with Crippen LogP contribution in [0.2, 0.25) is 0 Å². The number of rotatable bonds is 4. The van der Waals surface area contributed by atoms with Crippen LogP contribution in [0.3, 0.4) is 0 Å². The number of benzene rings is 1. The second kappa shape index (κ2) is 5.96. The Labute approximate surface area is 129 Å². The smallest absolute Gasteiger partial charge is 0.224 e. The Kier molecular flexibility index (Phi) is 4.02. The average Bonchev–Trinajstić information content (AvgIpc) is 3.09. The van der Waals surface area contributed by atoms with Gasteiger partial charge in [-0.3, -0.25) is 4.79 Å². The molecule has 0 radical (unpaired) electrons. The molecule has 3 rings (SSSR count). The zero-order chi connectivity index (χ0) is 15.6. The van der Waals surface area contributed by atoms with E-state index in [1.54, 1.807) is 0 Å². The van der Waals surface area contributed by atoms with Crippen LogP contribution in [0.15, 0.2) is 48.8 Å². The van der Waals surface area contributed by atoms with E-state index >= 15 is 0 Å². The van der Waals surface area contributed by atoms with Crippen molar-refractivity contribution < 1.29 is 13.2 Å². The molecule has 0 unspecified atom stereocenters. The predicted molar refractivity (Wildman–Crippen MR) is 84.7 cm³/mol. The van der Waals surface area contributed by atoms with Gasteiger partial charge < -0.3 is 9.88 Å². The number of nitrogens with zero attached hydrogens (tertiary/aromatic N) is 1. The molecule has 0 saturated carbocycles. The van der Waals surface area contributed by atoms with Gasteiger partial charge in [0.05, 0.1) is 17.9 Å². The van der Waals surface area contributed by atoms with Gasteiger partial charge in [-0.25, -0.2) is 8.42 Å². The summed E-state index contributed by atoms with van der Waals surface area (Å²) in [4.78, 5) is 12.0. The first-order chi connectivity index (χ1) is 10.5. The topological polar surface area (TPSA) is 68.2 Å². The van der Waals surface area contributed by atoms with Gasteiger partial charge in [0.25, 0.3) is 0 Å². The van der Waals surface area contributed by atoms with Crippen molar-refractivity contribution in [2.75, 3.05) is 11.5 Å². The third-order valence-corrected chi connectivity index (χ3v) is 5.57. The first kappa shape index (κ1) is 14.8. The SMILES string of the molecule is O=C(Cc1ccc(-n2cccc2)cc1)N[C@H]1CCS(=O)(=O)C1. The molecular weight excluding hydrogens is 300 g/mol. The van der Waals surface area contributed by atoms with Crippen molar-refractivity contribution in [3.05, 3.63) is 54.4 Å². The molecule has 1 aromatic heterocycles. The highest BCUT2D eigenvalue weighted by Crippen LogP contribution is 2.13. The summed E-state index contributed by atoms with van der Waals surface area (Å²) in [6.07, 6.45) is 4.70. The molecule has 1 amide bonds. The molecule has 1 atom stereocenters. The summed E-state index contributed by atoms with van der Waals surface area (Å²) >= 11 is 0. The van der Waals surface area contributed by atoms with Gasteiger partial charge in [0, 0.05) is 24.1 Å². The highest BCUT2D eigenvalue weighted by molar-refractivity contribution is 7.91. The Morgan fingerprint density at radius 1 is 1.18 bits per heavy atom. The van der Waals surface area contributed by atoms with E-state index in [0.29, 0.717) is 6.42 Å². The average molecular weight is 318 g/mol. The van der Waals surface area contributed by atoms with Crippen molar-refractivity contribution in [3.8, 4) is 5.69 Å². The van der Waals surface area contributed by atoms with Crippen LogP contribution >= 0.6 is 0 Å². The minimum Gasteiger partial charge on any atom is -0.352 e. The van der Waals surface area contributed by atoms with Gasteiger partial charge in [-0.15, -0.1) is 0 Å². The lowest BCUT2D eigenvalue weighted by atomic mass is 10.1. The van der Waals surface area contributed by atoms with E-state index in [-0.39, 0.29) is 29.9 Å². The van der Waals surface area contributed by atoms with Crippen molar-refractivity contribution in [2.45, 2.75) is 18.9 Å². The lowest BCUT2D eigenvalue weighted by Gasteiger charge is -2.11. The number of hydrogen-bond donors (Lipinski definition) is 1. The van der Waals surface area contributed by atoms with E-state index in [0.717, 1.165) is 11.3 Å². The Bertz CT molecular complexity index is 749. The van der Waals surface area contributed by atoms with Crippen LogP contribution in [-0.2, 0) is 21.1 Å². The highest BCUT2D eigenvalue weighted by Gasteiger charge is 2.28. The zero-order valence-corrected chi connectivity index (χ0v) is 12.9. The fourth-order valence-corrected chi connectivity index (χ4v) is 4.34. The summed E-state index contributed by atoms with van der Waals surface area (Å²) in [5.41, 5.74) is 1.95. The van der Waals surface area contributed by atoms with Crippen LogP contribution in [0.1, 0.15) is 12.0 Å². The van der Waals surface area contributed by atoms with Crippen molar-refractivity contribution in [3.63, 3.8) is 0 Å². The van der Waals surface area contributed by atoms with Crippen LogP contribution in [0, 0.1) is 0 Å². The van der Waals surface area contributed by atoms with E-state index < -0.39 is 9.84 Å². The van der Waals surface area contributed by atoms with Gasteiger partial charge in [0.2, 0.25) is 5.91 Å². The molecule has 1 N–H and O–H groups in total. The molecule has 1 fully saturated rings. The van der Waals surface area contributed by atoms with E-state index in [9.17, 15) is 13.2 Å². The quantitative estimate of drug-likeness (QED) is 0.924. The van der Waals surface area contributed by atoms with Crippen molar-refractivity contribution in [1.29, 1.82) is 0 Å². The minimum atomic E-state index is -2.96. The predicted octanol–water partition coefficient (Wildman–Crippen LogP) is 1.32. The zero-order valence-electron chi connectivity index (χ0n) is 12.1. The van der Waals surface area contributed by atoms with Crippen molar-refractivity contribution >= 4 is 15.7 Å². The van der Waals surface area contributed by atoms with E-state index in [1.807, 2.05) is 53.4 Å². The molecular formula is C16H18N2O3S. The Morgan fingerprint density at radius 3 is 2.45 bits per heavy atom. The standard InChI is InChI=1S/C16H18N2O3S/c19-16(17-14-7-10-22(20,21)12-14)11-13-3-5-15(6-4-13)18-8-1-2-9-18/h1-6,8-9,14H,7,10-12H2,(H,17,19)/t14-/m0/s1. The van der Waals surface area contributed by atoms with E-state index in [2.05, 4.69) is 5.32 Å². The highest BCUT2D eigenvalue weighted by atomic mass is 32.2. The van der Waals surface area contributed by atoms with Gasteiger partial charge >= 0.3 is 0 Å². The molecule has 0 aliphatic carbocycles.